The van der Waals surface area contributed by atoms with E-state index in [1.54, 1.807) is 10.9 Å². The minimum atomic E-state index is -0.0832. The third kappa shape index (κ3) is 1.93. The Labute approximate surface area is 94.2 Å². The second-order valence-electron chi connectivity index (χ2n) is 4.81. The van der Waals surface area contributed by atoms with E-state index in [2.05, 4.69) is 31.1 Å². The summed E-state index contributed by atoms with van der Waals surface area (Å²) in [5.41, 5.74) is 6.68. The highest BCUT2D eigenvalue weighted by Gasteiger charge is 2.24. The van der Waals surface area contributed by atoms with Gasteiger partial charge in [0.2, 0.25) is 0 Å². The standard InChI is InChI=1S/C11H16N4O/c1-11(2,3)9-10(12)13-14-15(9)7-8-5-4-6-16-8/h4-6H,7,12H2,1-3H3. The Balaban J connectivity index is 2.35. The maximum absolute atomic E-state index is 5.83. The van der Waals surface area contributed by atoms with Crippen LogP contribution in [0.25, 0.3) is 0 Å². The Morgan fingerprint density at radius 1 is 1.44 bits per heavy atom. The van der Waals surface area contributed by atoms with E-state index in [9.17, 15) is 0 Å². The summed E-state index contributed by atoms with van der Waals surface area (Å²) in [5.74, 6) is 1.33. The van der Waals surface area contributed by atoms with Crippen LogP contribution in [0, 0.1) is 0 Å². The number of hydrogen-bond acceptors (Lipinski definition) is 4. The van der Waals surface area contributed by atoms with Crippen molar-refractivity contribution in [1.29, 1.82) is 0 Å². The van der Waals surface area contributed by atoms with Crippen molar-refractivity contribution < 1.29 is 4.42 Å². The van der Waals surface area contributed by atoms with Crippen molar-refractivity contribution in [2.75, 3.05) is 5.73 Å². The van der Waals surface area contributed by atoms with Gasteiger partial charge < -0.3 is 10.2 Å². The Kier molecular flexibility index (Phi) is 2.46. The summed E-state index contributed by atoms with van der Waals surface area (Å²) in [6.07, 6.45) is 1.65. The normalized spacial score (nSPS) is 11.9. The van der Waals surface area contributed by atoms with Crippen LogP contribution < -0.4 is 5.73 Å². The van der Waals surface area contributed by atoms with E-state index >= 15 is 0 Å². The van der Waals surface area contributed by atoms with Gasteiger partial charge in [0.1, 0.15) is 12.3 Å². The highest BCUT2D eigenvalue weighted by molar-refractivity contribution is 5.38. The Morgan fingerprint density at radius 2 is 2.19 bits per heavy atom. The van der Waals surface area contributed by atoms with Crippen molar-refractivity contribution in [3.8, 4) is 0 Å². The molecule has 5 nitrogen and oxygen atoms in total. The monoisotopic (exact) mass is 220 g/mol. The maximum Gasteiger partial charge on any atom is 0.169 e. The first-order valence-corrected chi connectivity index (χ1v) is 5.20. The molecule has 0 aromatic carbocycles. The molecule has 5 heteroatoms. The van der Waals surface area contributed by atoms with Gasteiger partial charge in [0.05, 0.1) is 12.0 Å². The van der Waals surface area contributed by atoms with E-state index in [-0.39, 0.29) is 5.41 Å². The number of anilines is 1. The topological polar surface area (TPSA) is 69.9 Å². The molecule has 0 saturated heterocycles. The van der Waals surface area contributed by atoms with Gasteiger partial charge in [-0.05, 0) is 12.1 Å². The van der Waals surface area contributed by atoms with Crippen molar-refractivity contribution >= 4 is 5.82 Å². The van der Waals surface area contributed by atoms with E-state index in [1.165, 1.54) is 0 Å². The molecular weight excluding hydrogens is 204 g/mol. The summed E-state index contributed by atoms with van der Waals surface area (Å²) in [6.45, 7) is 6.81. The van der Waals surface area contributed by atoms with Gasteiger partial charge in [0.25, 0.3) is 0 Å². The SMILES string of the molecule is CC(C)(C)c1c(N)nnn1Cc1ccco1. The largest absolute Gasteiger partial charge is 0.467 e. The number of aromatic nitrogens is 3. The molecule has 86 valence electrons. The Morgan fingerprint density at radius 3 is 2.75 bits per heavy atom. The third-order valence-electron chi connectivity index (χ3n) is 2.36. The average Bonchev–Trinajstić information content (AvgIpc) is 2.75. The van der Waals surface area contributed by atoms with E-state index in [1.807, 2.05) is 12.1 Å². The fraction of sp³-hybridized carbons (Fsp3) is 0.455. The quantitative estimate of drug-likeness (QED) is 0.837. The molecule has 0 aliphatic carbocycles. The first kappa shape index (κ1) is 10.7. The Hall–Kier alpha value is -1.78. The summed E-state index contributed by atoms with van der Waals surface area (Å²) < 4.78 is 7.07. The second kappa shape index (κ2) is 3.66. The van der Waals surface area contributed by atoms with Crippen LogP contribution in [0.5, 0.6) is 0 Å². The van der Waals surface area contributed by atoms with E-state index < -0.39 is 0 Å². The molecule has 2 aromatic rings. The van der Waals surface area contributed by atoms with Gasteiger partial charge in [0, 0.05) is 5.41 Å². The number of nitrogens with two attached hydrogens (primary N) is 1. The van der Waals surface area contributed by atoms with Crippen LogP contribution >= 0.6 is 0 Å². The first-order chi connectivity index (χ1) is 7.48. The Bertz CT molecular complexity index is 465. The van der Waals surface area contributed by atoms with Crippen molar-refractivity contribution in [1.82, 2.24) is 15.0 Å². The van der Waals surface area contributed by atoms with Crippen LogP contribution in [0.3, 0.4) is 0 Å². The number of rotatable bonds is 2. The third-order valence-corrected chi connectivity index (χ3v) is 2.36. The van der Waals surface area contributed by atoms with Gasteiger partial charge in [-0.1, -0.05) is 26.0 Å². The van der Waals surface area contributed by atoms with Gasteiger partial charge >= 0.3 is 0 Å². The smallest absolute Gasteiger partial charge is 0.169 e. The van der Waals surface area contributed by atoms with Gasteiger partial charge in [0.15, 0.2) is 5.82 Å². The molecule has 0 atom stereocenters. The van der Waals surface area contributed by atoms with Crippen LogP contribution in [-0.2, 0) is 12.0 Å². The maximum atomic E-state index is 5.83. The van der Waals surface area contributed by atoms with Crippen LogP contribution in [-0.4, -0.2) is 15.0 Å². The molecule has 0 spiro atoms. The molecule has 0 fully saturated rings. The van der Waals surface area contributed by atoms with Crippen LogP contribution in [0.1, 0.15) is 32.2 Å². The molecule has 0 bridgehead atoms. The molecular formula is C11H16N4O. The highest BCUT2D eigenvalue weighted by Crippen LogP contribution is 2.26. The van der Waals surface area contributed by atoms with Gasteiger partial charge in [-0.15, -0.1) is 5.10 Å². The summed E-state index contributed by atoms with van der Waals surface area (Å²) in [5, 5.41) is 7.95. The predicted octanol–water partition coefficient (Wildman–Crippen LogP) is 1.80. The van der Waals surface area contributed by atoms with Crippen LogP contribution in [0.15, 0.2) is 22.8 Å². The minimum absolute atomic E-state index is 0.0832. The van der Waals surface area contributed by atoms with Gasteiger partial charge in [-0.2, -0.15) is 0 Å². The average molecular weight is 220 g/mol. The lowest BCUT2D eigenvalue weighted by Crippen LogP contribution is -2.20. The van der Waals surface area contributed by atoms with E-state index in [0.717, 1.165) is 11.5 Å². The first-order valence-electron chi connectivity index (χ1n) is 5.20. The summed E-state index contributed by atoms with van der Waals surface area (Å²) >= 11 is 0. The number of furan rings is 1. The summed E-state index contributed by atoms with van der Waals surface area (Å²) in [4.78, 5) is 0. The van der Waals surface area contributed by atoms with E-state index in [4.69, 9.17) is 10.2 Å². The van der Waals surface area contributed by atoms with Crippen molar-refractivity contribution in [2.45, 2.75) is 32.7 Å². The van der Waals surface area contributed by atoms with Gasteiger partial charge in [-0.25, -0.2) is 4.68 Å². The lowest BCUT2D eigenvalue weighted by Gasteiger charge is -2.19. The minimum Gasteiger partial charge on any atom is -0.467 e. The molecule has 0 aliphatic rings. The van der Waals surface area contributed by atoms with Gasteiger partial charge in [-0.3, -0.25) is 0 Å². The number of nitrogen functional groups attached to an aromatic ring is 1. The van der Waals surface area contributed by atoms with Crippen LogP contribution in [0.2, 0.25) is 0 Å². The molecule has 0 unspecified atom stereocenters. The lowest BCUT2D eigenvalue weighted by atomic mass is 9.92. The molecule has 0 aliphatic heterocycles. The fourth-order valence-corrected chi connectivity index (χ4v) is 1.76. The van der Waals surface area contributed by atoms with E-state index in [0.29, 0.717) is 12.4 Å². The van der Waals surface area contributed by atoms with Crippen molar-refractivity contribution in [3.63, 3.8) is 0 Å². The molecule has 2 aromatic heterocycles. The van der Waals surface area contributed by atoms with Crippen molar-refractivity contribution in [2.24, 2.45) is 0 Å². The predicted molar refractivity (Wildman–Crippen MR) is 60.9 cm³/mol. The fourth-order valence-electron chi connectivity index (χ4n) is 1.76. The molecule has 0 radical (unpaired) electrons. The molecule has 2 rings (SSSR count). The second-order valence-corrected chi connectivity index (χ2v) is 4.81. The molecule has 0 amide bonds. The number of nitrogens with zero attached hydrogens (tertiary/aromatic N) is 3. The summed E-state index contributed by atoms with van der Waals surface area (Å²) in [7, 11) is 0. The zero-order chi connectivity index (χ0) is 11.8. The molecule has 0 saturated carbocycles. The molecule has 16 heavy (non-hydrogen) atoms. The molecule has 2 heterocycles. The highest BCUT2D eigenvalue weighted by atomic mass is 16.3. The zero-order valence-electron chi connectivity index (χ0n) is 9.77. The number of hydrogen-bond donors (Lipinski definition) is 1. The molecule has 2 N–H and O–H groups in total. The summed E-state index contributed by atoms with van der Waals surface area (Å²) in [6, 6.07) is 3.76. The lowest BCUT2D eigenvalue weighted by molar-refractivity contribution is 0.445. The van der Waals surface area contributed by atoms with Crippen LogP contribution in [0.4, 0.5) is 5.82 Å². The zero-order valence-corrected chi connectivity index (χ0v) is 9.77. The van der Waals surface area contributed by atoms with Crippen molar-refractivity contribution in [3.05, 3.63) is 29.9 Å².